The van der Waals surface area contributed by atoms with Gasteiger partial charge in [-0.3, -0.25) is 4.79 Å². The number of aromatic nitrogens is 2. The molecule has 218 valence electrons. The van der Waals surface area contributed by atoms with Crippen LogP contribution in [0.2, 0.25) is 0 Å². The number of fused-ring (bicyclic) bond motifs is 1. The Morgan fingerprint density at radius 3 is 2.40 bits per heavy atom. The first-order valence-electron chi connectivity index (χ1n) is 14.1. The van der Waals surface area contributed by atoms with Crippen LogP contribution in [-0.2, 0) is 6.18 Å². The van der Waals surface area contributed by atoms with E-state index in [0.717, 1.165) is 72.1 Å². The molecule has 1 aliphatic carbocycles. The Kier molecular flexibility index (Phi) is 6.86. The lowest BCUT2D eigenvalue weighted by Gasteiger charge is -2.50. The number of halogens is 3. The molecule has 4 aromatic rings. The van der Waals surface area contributed by atoms with E-state index in [9.17, 15) is 18.0 Å². The summed E-state index contributed by atoms with van der Waals surface area (Å²) in [5.41, 5.74) is 6.22. The van der Waals surface area contributed by atoms with E-state index in [0.29, 0.717) is 11.3 Å². The average molecular weight is 575 g/mol. The molecule has 0 unspecified atom stereocenters. The molecular formula is C33H33F3N4O2. The van der Waals surface area contributed by atoms with Crippen molar-refractivity contribution in [2.24, 2.45) is 5.41 Å². The highest BCUT2D eigenvalue weighted by atomic mass is 19.4. The summed E-state index contributed by atoms with van der Waals surface area (Å²) in [7, 11) is 3.43. The third-order valence-corrected chi connectivity index (χ3v) is 8.75. The molecular weight excluding hydrogens is 541 g/mol. The lowest BCUT2D eigenvalue weighted by atomic mass is 9.60. The zero-order valence-electron chi connectivity index (χ0n) is 24.2. The van der Waals surface area contributed by atoms with E-state index in [2.05, 4.69) is 27.2 Å². The summed E-state index contributed by atoms with van der Waals surface area (Å²) in [6, 6.07) is 15.3. The zero-order valence-corrected chi connectivity index (χ0v) is 24.2. The van der Waals surface area contributed by atoms with E-state index in [1.165, 1.54) is 4.90 Å². The number of hydrogen-bond acceptors (Lipinski definition) is 5. The van der Waals surface area contributed by atoms with Crippen molar-refractivity contribution >= 4 is 28.6 Å². The van der Waals surface area contributed by atoms with Gasteiger partial charge in [-0.25, -0.2) is 4.98 Å². The molecule has 2 aliphatic rings. The quantitative estimate of drug-likeness (QED) is 0.250. The summed E-state index contributed by atoms with van der Waals surface area (Å²) < 4.78 is 46.3. The lowest BCUT2D eigenvalue weighted by molar-refractivity contribution is -0.155. The van der Waals surface area contributed by atoms with E-state index in [4.69, 9.17) is 4.52 Å². The molecule has 2 aromatic heterocycles. The number of nitrogens with zero attached hydrogens (tertiary/aromatic N) is 4. The second-order valence-corrected chi connectivity index (χ2v) is 12.0. The first kappa shape index (κ1) is 28.0. The highest BCUT2D eigenvalue weighted by Crippen LogP contribution is 2.54. The first-order valence-corrected chi connectivity index (χ1v) is 14.1. The van der Waals surface area contributed by atoms with Crippen LogP contribution in [0, 0.1) is 19.3 Å². The molecule has 2 aromatic carbocycles. The Balaban J connectivity index is 1.18. The molecule has 1 saturated heterocycles. The van der Waals surface area contributed by atoms with Gasteiger partial charge < -0.3 is 14.3 Å². The third-order valence-electron chi connectivity index (χ3n) is 8.75. The third kappa shape index (κ3) is 5.05. The summed E-state index contributed by atoms with van der Waals surface area (Å²) in [5.74, 6) is -1.16. The molecule has 0 atom stereocenters. The van der Waals surface area contributed by atoms with Crippen molar-refractivity contribution in [3.63, 3.8) is 0 Å². The fourth-order valence-electron chi connectivity index (χ4n) is 6.40. The van der Waals surface area contributed by atoms with Crippen molar-refractivity contribution in [1.29, 1.82) is 0 Å². The number of allylic oxidation sites excluding steroid dienone is 1. The highest BCUT2D eigenvalue weighted by molar-refractivity contribution is 5.96. The fourth-order valence-corrected chi connectivity index (χ4v) is 6.40. The van der Waals surface area contributed by atoms with Gasteiger partial charge >= 0.3 is 6.18 Å². The molecule has 0 bridgehead atoms. The van der Waals surface area contributed by atoms with Gasteiger partial charge in [0, 0.05) is 43.8 Å². The smallest absolute Gasteiger partial charge is 0.371 e. The molecule has 1 amide bonds. The molecule has 1 spiro atoms. The Bertz CT molecular complexity index is 1700. The number of pyridine rings is 1. The molecule has 1 aliphatic heterocycles. The second-order valence-electron chi connectivity index (χ2n) is 12.0. The van der Waals surface area contributed by atoms with Gasteiger partial charge in [0.05, 0.1) is 11.1 Å². The lowest BCUT2D eigenvalue weighted by Crippen LogP contribution is -2.44. The van der Waals surface area contributed by atoms with E-state index < -0.39 is 11.9 Å². The minimum Gasteiger partial charge on any atom is -0.371 e. The van der Waals surface area contributed by atoms with Crippen molar-refractivity contribution in [2.75, 3.05) is 32.1 Å². The van der Waals surface area contributed by atoms with Crippen molar-refractivity contribution in [2.45, 2.75) is 45.7 Å². The predicted molar refractivity (Wildman–Crippen MR) is 157 cm³/mol. The van der Waals surface area contributed by atoms with Crippen molar-refractivity contribution in [3.8, 4) is 11.3 Å². The maximum atomic E-state index is 13.8. The number of alkyl halides is 3. The van der Waals surface area contributed by atoms with E-state index in [1.54, 1.807) is 32.3 Å². The van der Waals surface area contributed by atoms with Crippen LogP contribution in [-0.4, -0.2) is 48.1 Å². The van der Waals surface area contributed by atoms with Gasteiger partial charge in [-0.1, -0.05) is 35.0 Å². The summed E-state index contributed by atoms with van der Waals surface area (Å²) >= 11 is 0. The zero-order chi connectivity index (χ0) is 29.8. The van der Waals surface area contributed by atoms with Gasteiger partial charge in [0.2, 0.25) is 5.76 Å². The van der Waals surface area contributed by atoms with Gasteiger partial charge in [0.25, 0.3) is 5.91 Å². The molecule has 0 N–H and O–H groups in total. The van der Waals surface area contributed by atoms with Crippen LogP contribution >= 0.6 is 0 Å². The van der Waals surface area contributed by atoms with E-state index in [1.807, 2.05) is 38.1 Å². The van der Waals surface area contributed by atoms with Gasteiger partial charge in [0.1, 0.15) is 11.4 Å². The summed E-state index contributed by atoms with van der Waals surface area (Å²) in [5, 5.41) is 4.88. The largest absolute Gasteiger partial charge is 0.453 e. The van der Waals surface area contributed by atoms with Crippen LogP contribution in [0.4, 0.5) is 18.9 Å². The van der Waals surface area contributed by atoms with Crippen LogP contribution in [0.15, 0.2) is 58.6 Å². The van der Waals surface area contributed by atoms with Crippen LogP contribution in [0.5, 0.6) is 0 Å². The minimum atomic E-state index is -4.62. The number of benzene rings is 2. The molecule has 6 nitrogen and oxygen atoms in total. The predicted octanol–water partition coefficient (Wildman–Crippen LogP) is 7.69. The monoisotopic (exact) mass is 574 g/mol. The molecule has 6 rings (SSSR count). The van der Waals surface area contributed by atoms with Crippen molar-refractivity contribution in [1.82, 2.24) is 15.0 Å². The summed E-state index contributed by atoms with van der Waals surface area (Å²) in [6.07, 6.45) is 0.532. The number of amides is 1. The minimum absolute atomic E-state index is 0.0228. The SMILES string of the molecule is Cc1ccccc1-c1noc(C(F)(F)F)c1C=C1CC2(CCN(c3ccc4nc(C(=O)N(C)C)cc(C)c4c3)CC2)C1. The number of rotatable bonds is 4. The number of aryl methyl sites for hydroxylation is 2. The molecule has 0 radical (unpaired) electrons. The van der Waals surface area contributed by atoms with Crippen molar-refractivity contribution < 1.29 is 22.5 Å². The first-order chi connectivity index (χ1) is 19.9. The maximum Gasteiger partial charge on any atom is 0.453 e. The van der Waals surface area contributed by atoms with Gasteiger partial charge in [0.15, 0.2) is 0 Å². The topological polar surface area (TPSA) is 62.5 Å². The van der Waals surface area contributed by atoms with Gasteiger partial charge in [-0.15, -0.1) is 0 Å². The molecule has 3 heterocycles. The molecule has 9 heteroatoms. The van der Waals surface area contributed by atoms with Gasteiger partial charge in [-0.05, 0) is 86.4 Å². The Morgan fingerprint density at radius 2 is 1.74 bits per heavy atom. The van der Waals surface area contributed by atoms with Crippen LogP contribution in [0.25, 0.3) is 28.2 Å². The average Bonchev–Trinajstić information content (AvgIpc) is 3.36. The summed E-state index contributed by atoms with van der Waals surface area (Å²) in [4.78, 5) is 20.9. The van der Waals surface area contributed by atoms with Crippen LogP contribution in [0.1, 0.15) is 58.6 Å². The molecule has 2 fully saturated rings. The van der Waals surface area contributed by atoms with Gasteiger partial charge in [-0.2, -0.15) is 13.2 Å². The number of carbonyl (C=O) groups excluding carboxylic acids is 1. The highest BCUT2D eigenvalue weighted by Gasteiger charge is 2.44. The van der Waals surface area contributed by atoms with Crippen molar-refractivity contribution in [3.05, 3.63) is 82.2 Å². The Labute approximate surface area is 242 Å². The van der Waals surface area contributed by atoms with E-state index in [-0.39, 0.29) is 22.6 Å². The number of hydrogen-bond donors (Lipinski definition) is 0. The van der Waals surface area contributed by atoms with Crippen LogP contribution < -0.4 is 4.90 Å². The number of piperidine rings is 1. The molecule has 1 saturated carbocycles. The normalized spacial score (nSPS) is 16.5. The number of anilines is 1. The molecule has 42 heavy (non-hydrogen) atoms. The summed E-state index contributed by atoms with van der Waals surface area (Å²) in [6.45, 7) is 5.60. The Hall–Kier alpha value is -4.14. The van der Waals surface area contributed by atoms with Crippen LogP contribution in [0.3, 0.4) is 0 Å². The Morgan fingerprint density at radius 1 is 1.02 bits per heavy atom. The second kappa shape index (κ2) is 10.3. The fraction of sp³-hybridized carbons (Fsp3) is 0.364. The maximum absolute atomic E-state index is 13.8. The van der Waals surface area contributed by atoms with E-state index >= 15 is 0 Å². The number of carbonyl (C=O) groups is 1. The standard InChI is InChI=1S/C33H33F3N4O2/c1-20-7-5-6-8-24(20)29-26(30(42-38-29)33(34,35)36)16-22-18-32(19-22)11-13-40(14-12-32)23-9-10-27-25(17-23)21(2)15-28(37-27)31(41)39(3)4/h5-10,15-17H,11-14,18-19H2,1-4H3.